The van der Waals surface area contributed by atoms with Crippen LogP contribution in [0.5, 0.6) is 0 Å². The molecular formula is C25H30F2IN3O4. The fourth-order valence-electron chi connectivity index (χ4n) is 3.13. The molecule has 7 nitrogen and oxygen atoms in total. The number of halogens is 3. The normalized spacial score (nSPS) is 10.6. The number of carbonyl (C=O) groups excluding carboxylic acids is 1. The molecule has 0 aliphatic rings. The van der Waals surface area contributed by atoms with E-state index >= 15 is 0 Å². The van der Waals surface area contributed by atoms with Gasteiger partial charge in [0.05, 0.1) is 20.0 Å². The van der Waals surface area contributed by atoms with Crippen LogP contribution in [0.25, 0.3) is 21.8 Å². The average molecular weight is 603 g/mol. The van der Waals surface area contributed by atoms with Crippen LogP contribution < -0.4 is 0 Å². The highest BCUT2D eigenvalue weighted by Crippen LogP contribution is 2.21. The highest BCUT2D eigenvalue weighted by molar-refractivity contribution is 14.1. The molecule has 4 rings (SSSR count). The third-order valence-electron chi connectivity index (χ3n) is 4.77. The SMILES string of the molecule is CON(C)C(=O)Cc1c[nH]c2ccc(F)cc12.O=C(O)Cc1c[nH]c2ccc(F)cc12.[2H]CC.[2H]CI. The number of nitrogens with zero attached hydrogens (tertiary/aromatic N) is 1. The minimum Gasteiger partial charge on any atom is -0.481 e. The Morgan fingerprint density at radius 3 is 1.86 bits per heavy atom. The molecule has 2 aromatic carbocycles. The average Bonchev–Trinajstić information content (AvgIpc) is 3.43. The number of carbonyl (C=O) groups is 2. The molecule has 0 radical (unpaired) electrons. The maximum Gasteiger partial charge on any atom is 0.307 e. The molecular weight excluding hydrogens is 571 g/mol. The van der Waals surface area contributed by atoms with Gasteiger partial charge >= 0.3 is 5.97 Å². The fraction of sp³-hybridized carbons (Fsp3) is 0.280. The van der Waals surface area contributed by atoms with Crippen LogP contribution in [-0.2, 0) is 27.3 Å². The molecule has 10 heteroatoms. The van der Waals surface area contributed by atoms with Gasteiger partial charge in [0.25, 0.3) is 0 Å². The number of benzene rings is 2. The first-order valence-electron chi connectivity index (χ1n) is 11.7. The predicted octanol–water partition coefficient (Wildman–Crippen LogP) is 5.88. The van der Waals surface area contributed by atoms with E-state index in [1.807, 2.05) is 22.6 Å². The van der Waals surface area contributed by atoms with Gasteiger partial charge in [0, 0.05) is 44.0 Å². The van der Waals surface area contributed by atoms with Crippen LogP contribution in [0, 0.1) is 11.6 Å². The van der Waals surface area contributed by atoms with Gasteiger partial charge in [-0.3, -0.25) is 14.4 Å². The second-order valence-corrected chi connectivity index (χ2v) is 6.83. The number of H-pyrrole nitrogens is 2. The molecule has 2 heterocycles. The zero-order valence-corrected chi connectivity index (χ0v) is 21.9. The van der Waals surface area contributed by atoms with E-state index < -0.39 is 5.97 Å². The number of carboxylic acids is 1. The summed E-state index contributed by atoms with van der Waals surface area (Å²) in [5.41, 5.74) is 2.93. The summed E-state index contributed by atoms with van der Waals surface area (Å²) in [6.07, 6.45) is 3.39. The van der Waals surface area contributed by atoms with Crippen molar-refractivity contribution in [2.45, 2.75) is 26.7 Å². The van der Waals surface area contributed by atoms with Crippen LogP contribution in [0.3, 0.4) is 0 Å². The van der Waals surface area contributed by atoms with Crippen molar-refractivity contribution in [1.82, 2.24) is 15.0 Å². The zero-order valence-electron chi connectivity index (χ0n) is 21.7. The van der Waals surface area contributed by atoms with E-state index in [2.05, 4.69) is 9.97 Å². The van der Waals surface area contributed by atoms with E-state index in [0.717, 1.165) is 27.0 Å². The monoisotopic (exact) mass is 603 g/mol. The summed E-state index contributed by atoms with van der Waals surface area (Å²) in [4.78, 5) is 33.3. The van der Waals surface area contributed by atoms with Gasteiger partial charge in [-0.2, -0.15) is 0 Å². The molecule has 35 heavy (non-hydrogen) atoms. The van der Waals surface area contributed by atoms with E-state index in [0.29, 0.717) is 22.8 Å². The number of rotatable bonds is 5. The van der Waals surface area contributed by atoms with Crippen molar-refractivity contribution in [3.63, 3.8) is 0 Å². The van der Waals surface area contributed by atoms with Crippen molar-refractivity contribution in [2.24, 2.45) is 0 Å². The van der Waals surface area contributed by atoms with Crippen molar-refractivity contribution in [3.8, 4) is 0 Å². The highest BCUT2D eigenvalue weighted by atomic mass is 127. The van der Waals surface area contributed by atoms with Crippen LogP contribution in [0.4, 0.5) is 8.78 Å². The van der Waals surface area contributed by atoms with E-state index in [9.17, 15) is 18.4 Å². The molecule has 0 spiro atoms. The Bertz CT molecular complexity index is 1280. The summed E-state index contributed by atoms with van der Waals surface area (Å²) in [6.45, 7) is 2.29. The van der Waals surface area contributed by atoms with Gasteiger partial charge in [-0.05, 0) is 52.4 Å². The minimum absolute atomic E-state index is 0.0938. The third kappa shape index (κ3) is 8.62. The summed E-state index contributed by atoms with van der Waals surface area (Å²) in [7, 11) is 2.96. The topological polar surface area (TPSA) is 98.4 Å². The molecule has 4 aromatic rings. The second-order valence-electron chi connectivity index (χ2n) is 6.83. The lowest BCUT2D eigenvalue weighted by molar-refractivity contribution is -0.167. The Hall–Kier alpha value is -2.99. The molecule has 190 valence electrons. The minimum atomic E-state index is -0.921. The highest BCUT2D eigenvalue weighted by Gasteiger charge is 2.13. The number of likely N-dealkylation sites (N-methyl/N-ethyl adjacent to an activating group) is 1. The van der Waals surface area contributed by atoms with Crippen molar-refractivity contribution >= 4 is 56.3 Å². The smallest absolute Gasteiger partial charge is 0.307 e. The number of aromatic nitrogens is 2. The molecule has 0 fully saturated rings. The van der Waals surface area contributed by atoms with E-state index in [1.165, 1.54) is 38.4 Å². The standard InChI is InChI=1S/C12H13FN2O2.C10H8FNO2.C2H6.CH3I/c1-15(17-2)12(16)5-8-7-14-11-4-3-9(13)6-10(8)11;11-7-1-2-9-8(4-7)6(5-12-9)3-10(13)14;2*1-2/h3-4,6-7,14H,5H2,1-2H3;1-2,4-5,12H,3H2,(H,13,14);1-2H3;1H3/i;;2*1D. The Morgan fingerprint density at radius 1 is 1.03 bits per heavy atom. The van der Waals surface area contributed by atoms with Crippen molar-refractivity contribution in [1.29, 1.82) is 0 Å². The summed E-state index contributed by atoms with van der Waals surface area (Å²) >= 11 is 1.96. The number of hydroxylamine groups is 2. The summed E-state index contributed by atoms with van der Waals surface area (Å²) < 4.78 is 38.4. The van der Waals surface area contributed by atoms with Gasteiger partial charge in [0.1, 0.15) is 11.6 Å². The number of alkyl halides is 1. The lowest BCUT2D eigenvalue weighted by Gasteiger charge is -2.12. The summed E-state index contributed by atoms with van der Waals surface area (Å²) in [6, 6.07) is 8.72. The van der Waals surface area contributed by atoms with Crippen LogP contribution in [-0.4, -0.2) is 51.1 Å². The molecule has 0 saturated heterocycles. The maximum absolute atomic E-state index is 13.1. The van der Waals surface area contributed by atoms with Crippen LogP contribution in [0.1, 0.15) is 27.7 Å². The van der Waals surface area contributed by atoms with Gasteiger partial charge < -0.3 is 15.1 Å². The van der Waals surface area contributed by atoms with Gasteiger partial charge in [0.2, 0.25) is 5.91 Å². The van der Waals surface area contributed by atoms with Gasteiger partial charge in [-0.25, -0.2) is 13.8 Å². The number of hydrogen-bond donors (Lipinski definition) is 3. The number of nitrogens with one attached hydrogen (secondary N) is 2. The Kier molecular flexibility index (Phi) is 11.5. The third-order valence-corrected chi connectivity index (χ3v) is 4.77. The van der Waals surface area contributed by atoms with E-state index in [1.54, 1.807) is 31.5 Å². The lowest BCUT2D eigenvalue weighted by atomic mass is 10.1. The van der Waals surface area contributed by atoms with Gasteiger partial charge in [0.15, 0.2) is 0 Å². The largest absolute Gasteiger partial charge is 0.481 e. The fourth-order valence-corrected chi connectivity index (χ4v) is 3.13. The predicted molar refractivity (Wildman–Crippen MR) is 143 cm³/mol. The molecule has 0 saturated carbocycles. The molecule has 1 amide bonds. The molecule has 2 aromatic heterocycles. The molecule has 3 N–H and O–H groups in total. The van der Waals surface area contributed by atoms with Crippen molar-refractivity contribution in [2.75, 3.05) is 19.1 Å². The number of hydrogen-bond acceptors (Lipinski definition) is 3. The Labute approximate surface area is 219 Å². The summed E-state index contributed by atoms with van der Waals surface area (Å²) in [5, 5.41) is 11.1. The van der Waals surface area contributed by atoms with Crippen LogP contribution in [0.15, 0.2) is 48.8 Å². The molecule has 0 atom stereocenters. The number of aliphatic carboxylic acids is 1. The first-order chi connectivity index (χ1) is 17.6. The first-order valence-corrected chi connectivity index (χ1v) is 11.8. The van der Waals surface area contributed by atoms with Gasteiger partial charge in [-0.15, -0.1) is 0 Å². The Balaban J connectivity index is 0.000000309. The second kappa shape index (κ2) is 15.1. The number of carboxylic acid groups (broad SMARTS) is 1. The molecule has 0 unspecified atom stereocenters. The van der Waals surface area contributed by atoms with E-state index in [-0.39, 0.29) is 30.4 Å². The van der Waals surface area contributed by atoms with Crippen molar-refractivity contribution in [3.05, 3.63) is 71.6 Å². The number of fused-ring (bicyclic) bond motifs is 2. The zero-order chi connectivity index (χ0) is 28.0. The van der Waals surface area contributed by atoms with E-state index in [4.69, 9.17) is 12.7 Å². The van der Waals surface area contributed by atoms with Crippen molar-refractivity contribution < 1.29 is 31.1 Å². The molecule has 0 aliphatic heterocycles. The van der Waals surface area contributed by atoms with Gasteiger partial charge in [-0.1, -0.05) is 36.4 Å². The quantitative estimate of drug-likeness (QED) is 0.151. The Morgan fingerprint density at radius 2 is 1.46 bits per heavy atom. The maximum atomic E-state index is 13.1. The number of aromatic amines is 2. The number of amides is 1. The lowest BCUT2D eigenvalue weighted by Crippen LogP contribution is -2.26. The van der Waals surface area contributed by atoms with Crippen LogP contribution >= 0.6 is 22.6 Å². The molecule has 0 aliphatic carbocycles. The van der Waals surface area contributed by atoms with Crippen LogP contribution in [0.2, 0.25) is 0 Å². The molecule has 0 bridgehead atoms. The first kappa shape index (κ1) is 26.6. The summed E-state index contributed by atoms with van der Waals surface area (Å²) in [5.74, 6) is -1.78.